The number of hydrogen-bond acceptors (Lipinski definition) is 4. The van der Waals surface area contributed by atoms with Gasteiger partial charge in [-0.1, -0.05) is 11.8 Å². The van der Waals surface area contributed by atoms with Crippen LogP contribution < -0.4 is 5.32 Å². The number of amides is 2. The number of thioether (sulfide) groups is 1. The van der Waals surface area contributed by atoms with Crippen molar-refractivity contribution in [3.8, 4) is 0 Å². The highest BCUT2D eigenvalue weighted by atomic mass is 127. The van der Waals surface area contributed by atoms with Crippen molar-refractivity contribution in [1.29, 1.82) is 0 Å². The van der Waals surface area contributed by atoms with Gasteiger partial charge in [0.25, 0.3) is 0 Å². The third-order valence-electron chi connectivity index (χ3n) is 3.13. The Morgan fingerprint density at radius 2 is 2.05 bits per heavy atom. The number of benzene rings is 1. The highest BCUT2D eigenvalue weighted by Gasteiger charge is 2.37. The molecule has 1 N–H and O–H groups in total. The van der Waals surface area contributed by atoms with Crippen LogP contribution in [-0.2, 0) is 9.59 Å². The Hall–Kier alpha value is -1.09. The molecule has 0 unspecified atom stereocenters. The summed E-state index contributed by atoms with van der Waals surface area (Å²) in [4.78, 5) is 30.4. The van der Waals surface area contributed by atoms with Crippen LogP contribution in [0.25, 0.3) is 0 Å². The third kappa shape index (κ3) is 4.22. The lowest BCUT2D eigenvalue weighted by molar-refractivity contribution is -0.128. The Kier molecular flexibility index (Phi) is 6.25. The average molecular weight is 431 g/mol. The second kappa shape index (κ2) is 7.96. The highest BCUT2D eigenvalue weighted by Crippen LogP contribution is 2.29. The maximum Gasteiger partial charge on any atom is 0.242 e. The summed E-state index contributed by atoms with van der Waals surface area (Å²) in [7, 11) is 0. The van der Waals surface area contributed by atoms with E-state index in [1.807, 2.05) is 38.1 Å². The van der Waals surface area contributed by atoms with Gasteiger partial charge >= 0.3 is 0 Å². The zero-order chi connectivity index (χ0) is 16.1. The van der Waals surface area contributed by atoms with Gasteiger partial charge in [-0.05, 0) is 60.7 Å². The molecule has 1 aromatic rings. The molecule has 118 valence electrons. The molecule has 0 aromatic heterocycles. The van der Waals surface area contributed by atoms with Gasteiger partial charge in [0.15, 0.2) is 5.17 Å². The fraction of sp³-hybridized carbons (Fsp3) is 0.400. The van der Waals surface area contributed by atoms with E-state index in [0.29, 0.717) is 13.1 Å². The lowest BCUT2D eigenvalue weighted by Crippen LogP contribution is -2.33. The first-order valence-corrected chi connectivity index (χ1v) is 9.08. The molecule has 1 aromatic carbocycles. The summed E-state index contributed by atoms with van der Waals surface area (Å²) in [6.07, 6.45) is 0.161. The summed E-state index contributed by atoms with van der Waals surface area (Å²) in [5.74, 6) is -0.182. The summed E-state index contributed by atoms with van der Waals surface area (Å²) in [6, 6.07) is 7.56. The van der Waals surface area contributed by atoms with Gasteiger partial charge < -0.3 is 5.32 Å². The predicted octanol–water partition coefficient (Wildman–Crippen LogP) is 2.96. The van der Waals surface area contributed by atoms with Gasteiger partial charge in [-0.2, -0.15) is 0 Å². The molecule has 0 spiro atoms. The second-order valence-corrected chi connectivity index (χ2v) is 7.12. The van der Waals surface area contributed by atoms with E-state index >= 15 is 0 Å². The van der Waals surface area contributed by atoms with Crippen molar-refractivity contribution in [3.05, 3.63) is 27.8 Å². The van der Waals surface area contributed by atoms with Crippen LogP contribution in [0.15, 0.2) is 29.3 Å². The van der Waals surface area contributed by atoms with Crippen LogP contribution in [0.4, 0.5) is 5.69 Å². The SMILES string of the molecule is CCN=C1S[C@H](CC(=O)Nc2ccc(I)cc2)C(=O)N1CC. The molecule has 1 aliphatic rings. The molecule has 2 rings (SSSR count). The number of rotatable bonds is 5. The minimum Gasteiger partial charge on any atom is -0.326 e. The zero-order valence-electron chi connectivity index (χ0n) is 12.5. The Morgan fingerprint density at radius 1 is 1.36 bits per heavy atom. The molecule has 1 atom stereocenters. The number of amidine groups is 1. The normalized spacial score (nSPS) is 19.8. The van der Waals surface area contributed by atoms with Crippen molar-refractivity contribution in [1.82, 2.24) is 4.90 Å². The second-order valence-electron chi connectivity index (χ2n) is 4.71. The van der Waals surface area contributed by atoms with E-state index in [4.69, 9.17) is 0 Å². The smallest absolute Gasteiger partial charge is 0.242 e. The first-order chi connectivity index (χ1) is 10.5. The Labute approximate surface area is 148 Å². The lowest BCUT2D eigenvalue weighted by Gasteiger charge is -2.13. The molecule has 0 radical (unpaired) electrons. The van der Waals surface area contributed by atoms with Gasteiger partial charge in [-0.25, -0.2) is 0 Å². The summed E-state index contributed by atoms with van der Waals surface area (Å²) >= 11 is 3.59. The summed E-state index contributed by atoms with van der Waals surface area (Å²) < 4.78 is 1.11. The molecule has 22 heavy (non-hydrogen) atoms. The van der Waals surface area contributed by atoms with Crippen LogP contribution in [-0.4, -0.2) is 40.2 Å². The molecule has 7 heteroatoms. The molecule has 2 amide bonds. The van der Waals surface area contributed by atoms with Crippen LogP contribution in [0.3, 0.4) is 0 Å². The van der Waals surface area contributed by atoms with E-state index < -0.39 is 0 Å². The largest absolute Gasteiger partial charge is 0.326 e. The van der Waals surface area contributed by atoms with Crippen molar-refractivity contribution >= 4 is 57.0 Å². The molecular formula is C15H18IN3O2S. The van der Waals surface area contributed by atoms with E-state index in [2.05, 4.69) is 32.9 Å². The quantitative estimate of drug-likeness (QED) is 0.730. The van der Waals surface area contributed by atoms with Crippen LogP contribution in [0.5, 0.6) is 0 Å². The molecule has 0 bridgehead atoms. The number of hydrogen-bond donors (Lipinski definition) is 1. The molecule has 1 fully saturated rings. The van der Waals surface area contributed by atoms with Gasteiger partial charge in [-0.3, -0.25) is 19.5 Å². The van der Waals surface area contributed by atoms with Gasteiger partial charge in [-0.15, -0.1) is 0 Å². The van der Waals surface area contributed by atoms with E-state index in [1.54, 1.807) is 4.90 Å². The topological polar surface area (TPSA) is 61.8 Å². The molecule has 1 saturated heterocycles. The Morgan fingerprint density at radius 3 is 2.64 bits per heavy atom. The highest BCUT2D eigenvalue weighted by molar-refractivity contribution is 14.1. The molecule has 5 nitrogen and oxygen atoms in total. The van der Waals surface area contributed by atoms with Gasteiger partial charge in [0.05, 0.1) is 0 Å². The van der Waals surface area contributed by atoms with E-state index in [9.17, 15) is 9.59 Å². The standard InChI is InChI=1S/C15H18IN3O2S/c1-3-17-15-19(4-2)14(21)12(22-15)9-13(20)18-11-7-5-10(16)6-8-11/h5-8,12H,3-4,9H2,1-2H3,(H,18,20)/t12-/m1/s1. The molecule has 1 heterocycles. The van der Waals surface area contributed by atoms with Crippen molar-refractivity contribution in [2.24, 2.45) is 4.99 Å². The minimum absolute atomic E-state index is 0.0301. The van der Waals surface area contributed by atoms with Crippen LogP contribution in [0.1, 0.15) is 20.3 Å². The van der Waals surface area contributed by atoms with Crippen molar-refractivity contribution in [2.75, 3.05) is 18.4 Å². The van der Waals surface area contributed by atoms with Crippen LogP contribution >= 0.6 is 34.4 Å². The summed E-state index contributed by atoms with van der Waals surface area (Å²) in [5.41, 5.74) is 0.746. The van der Waals surface area contributed by atoms with Gasteiger partial charge in [0, 0.05) is 28.8 Å². The third-order valence-corrected chi connectivity index (χ3v) is 5.06. The van der Waals surface area contributed by atoms with Crippen LogP contribution in [0.2, 0.25) is 0 Å². The molecular weight excluding hydrogens is 413 g/mol. The van der Waals surface area contributed by atoms with Crippen molar-refractivity contribution < 1.29 is 9.59 Å². The maximum atomic E-state index is 12.3. The number of carbonyl (C=O) groups excluding carboxylic acids is 2. The number of aliphatic imine (C=N–C) groups is 1. The van der Waals surface area contributed by atoms with Gasteiger partial charge in [0.1, 0.15) is 5.25 Å². The number of halogens is 1. The van der Waals surface area contributed by atoms with E-state index in [0.717, 1.165) is 14.4 Å². The van der Waals surface area contributed by atoms with E-state index in [-0.39, 0.29) is 23.5 Å². The fourth-order valence-corrected chi connectivity index (χ4v) is 3.73. The molecule has 0 aliphatic carbocycles. The van der Waals surface area contributed by atoms with Crippen molar-refractivity contribution in [2.45, 2.75) is 25.5 Å². The number of anilines is 1. The summed E-state index contributed by atoms with van der Waals surface area (Å²) in [5, 5.41) is 3.17. The predicted molar refractivity (Wildman–Crippen MR) is 99.1 cm³/mol. The van der Waals surface area contributed by atoms with Crippen LogP contribution in [0, 0.1) is 3.57 Å². The summed E-state index contributed by atoms with van der Waals surface area (Å²) in [6.45, 7) is 5.06. The molecule has 1 aliphatic heterocycles. The molecule has 0 saturated carbocycles. The Balaban J connectivity index is 1.98. The van der Waals surface area contributed by atoms with Gasteiger partial charge in [0.2, 0.25) is 11.8 Å². The Bertz CT molecular complexity index is 589. The minimum atomic E-state index is -0.380. The number of carbonyl (C=O) groups is 2. The van der Waals surface area contributed by atoms with Crippen molar-refractivity contribution in [3.63, 3.8) is 0 Å². The maximum absolute atomic E-state index is 12.3. The first-order valence-electron chi connectivity index (χ1n) is 7.13. The lowest BCUT2D eigenvalue weighted by atomic mass is 10.2. The fourth-order valence-electron chi connectivity index (χ4n) is 2.10. The monoisotopic (exact) mass is 431 g/mol. The van der Waals surface area contributed by atoms with E-state index in [1.165, 1.54) is 11.8 Å². The number of nitrogens with one attached hydrogen (secondary N) is 1. The number of nitrogens with zero attached hydrogens (tertiary/aromatic N) is 2. The average Bonchev–Trinajstić information content (AvgIpc) is 2.77. The zero-order valence-corrected chi connectivity index (χ0v) is 15.5. The first kappa shape index (κ1) is 17.3.